The molecule has 0 fully saturated rings. The number of halogens is 1. The Morgan fingerprint density at radius 1 is 1.14 bits per heavy atom. The SMILES string of the molecule is O=C(/C=C/c1ccc(-n2ccnc2)c(F)c1)c1ccccc1. The number of rotatable bonds is 4. The second-order valence-electron chi connectivity index (χ2n) is 4.74. The fourth-order valence-corrected chi connectivity index (χ4v) is 2.11. The lowest BCUT2D eigenvalue weighted by atomic mass is 10.1. The van der Waals surface area contributed by atoms with E-state index >= 15 is 0 Å². The number of nitrogens with zero attached hydrogens (tertiary/aromatic N) is 2. The normalized spacial score (nSPS) is 11.0. The van der Waals surface area contributed by atoms with Crippen LogP contribution in [0.4, 0.5) is 4.39 Å². The summed E-state index contributed by atoms with van der Waals surface area (Å²) in [5.74, 6) is -0.480. The Balaban J connectivity index is 1.80. The summed E-state index contributed by atoms with van der Waals surface area (Å²) < 4.78 is 15.7. The molecule has 108 valence electrons. The Morgan fingerprint density at radius 2 is 1.95 bits per heavy atom. The molecule has 0 aliphatic rings. The van der Waals surface area contributed by atoms with Crippen molar-refractivity contribution in [1.29, 1.82) is 0 Å². The summed E-state index contributed by atoms with van der Waals surface area (Å²) in [6.45, 7) is 0. The van der Waals surface area contributed by atoms with Crippen LogP contribution in [0.25, 0.3) is 11.8 Å². The lowest BCUT2D eigenvalue weighted by molar-refractivity contribution is 0.104. The molecule has 3 nitrogen and oxygen atoms in total. The van der Waals surface area contributed by atoms with Crippen LogP contribution in [0.5, 0.6) is 0 Å². The van der Waals surface area contributed by atoms with E-state index in [1.54, 1.807) is 59.4 Å². The molecule has 0 saturated heterocycles. The maximum absolute atomic E-state index is 14.1. The Kier molecular flexibility index (Phi) is 3.92. The Morgan fingerprint density at radius 3 is 2.64 bits per heavy atom. The first-order valence-corrected chi connectivity index (χ1v) is 6.79. The summed E-state index contributed by atoms with van der Waals surface area (Å²) in [7, 11) is 0. The minimum absolute atomic E-state index is 0.111. The highest BCUT2D eigenvalue weighted by Crippen LogP contribution is 2.16. The van der Waals surface area contributed by atoms with Crippen LogP contribution in [0, 0.1) is 5.82 Å². The van der Waals surface area contributed by atoms with Crippen LogP contribution in [0.15, 0.2) is 73.3 Å². The van der Waals surface area contributed by atoms with Gasteiger partial charge in [0, 0.05) is 18.0 Å². The molecule has 0 unspecified atom stereocenters. The number of carbonyl (C=O) groups excluding carboxylic acids is 1. The van der Waals surface area contributed by atoms with Gasteiger partial charge in [0.15, 0.2) is 5.78 Å². The van der Waals surface area contributed by atoms with Crippen molar-refractivity contribution in [3.63, 3.8) is 0 Å². The minimum Gasteiger partial charge on any atom is -0.303 e. The molecule has 0 aliphatic heterocycles. The van der Waals surface area contributed by atoms with Gasteiger partial charge in [0.2, 0.25) is 0 Å². The first kappa shape index (κ1) is 13.9. The molecule has 2 aromatic carbocycles. The lowest BCUT2D eigenvalue weighted by Gasteiger charge is -2.04. The number of aromatic nitrogens is 2. The van der Waals surface area contributed by atoms with E-state index in [4.69, 9.17) is 0 Å². The average Bonchev–Trinajstić information content (AvgIpc) is 3.07. The maximum atomic E-state index is 14.1. The third kappa shape index (κ3) is 3.01. The number of allylic oxidation sites excluding steroid dienone is 1. The topological polar surface area (TPSA) is 34.9 Å². The Hall–Kier alpha value is -3.01. The predicted octanol–water partition coefficient (Wildman–Crippen LogP) is 3.91. The monoisotopic (exact) mass is 292 g/mol. The zero-order chi connectivity index (χ0) is 15.4. The second kappa shape index (κ2) is 6.18. The molecule has 3 rings (SSSR count). The van der Waals surface area contributed by atoms with E-state index in [1.807, 2.05) is 6.07 Å². The third-order valence-electron chi connectivity index (χ3n) is 3.24. The van der Waals surface area contributed by atoms with Crippen molar-refractivity contribution in [2.75, 3.05) is 0 Å². The van der Waals surface area contributed by atoms with Gasteiger partial charge in [0.25, 0.3) is 0 Å². The van der Waals surface area contributed by atoms with Crippen molar-refractivity contribution >= 4 is 11.9 Å². The molecule has 1 heterocycles. The first-order chi connectivity index (χ1) is 10.7. The molecule has 0 atom stereocenters. The number of imidazole rings is 1. The van der Waals surface area contributed by atoms with Gasteiger partial charge in [-0.05, 0) is 23.8 Å². The van der Waals surface area contributed by atoms with Crippen molar-refractivity contribution in [1.82, 2.24) is 9.55 Å². The van der Waals surface area contributed by atoms with Gasteiger partial charge in [-0.2, -0.15) is 0 Å². The molecule has 22 heavy (non-hydrogen) atoms. The number of carbonyl (C=O) groups is 1. The molecule has 0 spiro atoms. The van der Waals surface area contributed by atoms with Crippen molar-refractivity contribution in [2.45, 2.75) is 0 Å². The van der Waals surface area contributed by atoms with E-state index in [0.717, 1.165) is 0 Å². The number of hydrogen-bond acceptors (Lipinski definition) is 2. The molecule has 0 amide bonds. The molecular formula is C18H13FN2O. The fourth-order valence-electron chi connectivity index (χ4n) is 2.11. The van der Waals surface area contributed by atoms with Crippen molar-refractivity contribution < 1.29 is 9.18 Å². The molecule has 0 saturated carbocycles. The maximum Gasteiger partial charge on any atom is 0.185 e. The standard InChI is InChI=1S/C18H13FN2O/c19-16-12-14(6-8-17(16)21-11-10-20-13-21)7-9-18(22)15-4-2-1-3-5-15/h1-13H/b9-7+. The van der Waals surface area contributed by atoms with Crippen LogP contribution in [-0.4, -0.2) is 15.3 Å². The summed E-state index contributed by atoms with van der Waals surface area (Å²) in [6, 6.07) is 13.8. The zero-order valence-electron chi connectivity index (χ0n) is 11.7. The average molecular weight is 292 g/mol. The van der Waals surface area contributed by atoms with Gasteiger partial charge in [0.05, 0.1) is 12.0 Å². The fraction of sp³-hybridized carbons (Fsp3) is 0. The first-order valence-electron chi connectivity index (χ1n) is 6.79. The van der Waals surface area contributed by atoms with Crippen molar-refractivity contribution in [3.8, 4) is 5.69 Å². The second-order valence-corrected chi connectivity index (χ2v) is 4.74. The van der Waals surface area contributed by atoms with Gasteiger partial charge < -0.3 is 4.57 Å². The molecule has 0 N–H and O–H groups in total. The molecule has 0 radical (unpaired) electrons. The van der Waals surface area contributed by atoms with Crippen LogP contribution in [-0.2, 0) is 0 Å². The summed E-state index contributed by atoms with van der Waals surface area (Å²) >= 11 is 0. The van der Waals surface area contributed by atoms with Crippen LogP contribution < -0.4 is 0 Å². The summed E-state index contributed by atoms with van der Waals surface area (Å²) in [6.07, 6.45) is 7.85. The van der Waals surface area contributed by atoms with E-state index < -0.39 is 0 Å². The molecule has 3 aromatic rings. The van der Waals surface area contributed by atoms with Gasteiger partial charge in [-0.3, -0.25) is 4.79 Å². The van der Waals surface area contributed by atoms with Gasteiger partial charge >= 0.3 is 0 Å². The summed E-state index contributed by atoms with van der Waals surface area (Å²) in [4.78, 5) is 15.9. The lowest BCUT2D eigenvalue weighted by Crippen LogP contribution is -1.95. The highest BCUT2D eigenvalue weighted by molar-refractivity contribution is 6.06. The summed E-state index contributed by atoms with van der Waals surface area (Å²) in [5, 5.41) is 0. The van der Waals surface area contributed by atoms with E-state index in [1.165, 1.54) is 18.5 Å². The largest absolute Gasteiger partial charge is 0.303 e. The molecule has 0 bridgehead atoms. The number of benzene rings is 2. The van der Waals surface area contributed by atoms with Crippen LogP contribution >= 0.6 is 0 Å². The van der Waals surface area contributed by atoms with Gasteiger partial charge in [-0.1, -0.05) is 42.5 Å². The number of ketones is 1. The molecule has 4 heteroatoms. The van der Waals surface area contributed by atoms with E-state index in [2.05, 4.69) is 4.98 Å². The van der Waals surface area contributed by atoms with Gasteiger partial charge in [0.1, 0.15) is 5.82 Å². The van der Waals surface area contributed by atoms with Crippen LogP contribution in [0.3, 0.4) is 0 Å². The number of hydrogen-bond donors (Lipinski definition) is 0. The van der Waals surface area contributed by atoms with E-state index in [0.29, 0.717) is 16.8 Å². The highest BCUT2D eigenvalue weighted by atomic mass is 19.1. The van der Waals surface area contributed by atoms with Gasteiger partial charge in [-0.25, -0.2) is 9.37 Å². The van der Waals surface area contributed by atoms with Crippen LogP contribution in [0.2, 0.25) is 0 Å². The van der Waals surface area contributed by atoms with Crippen molar-refractivity contribution in [2.24, 2.45) is 0 Å². The quantitative estimate of drug-likeness (QED) is 0.540. The highest BCUT2D eigenvalue weighted by Gasteiger charge is 2.05. The Bertz CT molecular complexity index is 808. The van der Waals surface area contributed by atoms with E-state index in [9.17, 15) is 9.18 Å². The minimum atomic E-state index is -0.368. The van der Waals surface area contributed by atoms with Crippen LogP contribution in [0.1, 0.15) is 15.9 Å². The van der Waals surface area contributed by atoms with Gasteiger partial charge in [-0.15, -0.1) is 0 Å². The molecule has 0 aliphatic carbocycles. The van der Waals surface area contributed by atoms with Crippen molar-refractivity contribution in [3.05, 3.63) is 90.3 Å². The molecule has 1 aromatic heterocycles. The summed E-state index contributed by atoms with van der Waals surface area (Å²) in [5.41, 5.74) is 1.66. The molecular weight excluding hydrogens is 279 g/mol. The van der Waals surface area contributed by atoms with E-state index in [-0.39, 0.29) is 11.6 Å². The third-order valence-corrected chi connectivity index (χ3v) is 3.24. The predicted molar refractivity (Wildman–Crippen MR) is 83.3 cm³/mol. The zero-order valence-corrected chi connectivity index (χ0v) is 11.7. The Labute approximate surface area is 127 Å². The smallest absolute Gasteiger partial charge is 0.185 e.